The molecule has 5 nitrogen and oxygen atoms in total. The fraction of sp³-hybridized carbons (Fsp3) is 0.679. The molecule has 2 atom stereocenters. The van der Waals surface area contributed by atoms with Gasteiger partial charge in [0.1, 0.15) is 18.0 Å². The second kappa shape index (κ2) is 15.8. The maximum Gasteiger partial charge on any atom is 0.410 e. The number of ether oxygens (including phenoxy) is 3. The lowest BCUT2D eigenvalue weighted by Crippen LogP contribution is -2.42. The molecule has 1 aliphatic rings. The molecule has 1 fully saturated rings. The van der Waals surface area contributed by atoms with Crippen LogP contribution in [0.3, 0.4) is 0 Å². The highest BCUT2D eigenvalue weighted by Gasteiger charge is 2.32. The minimum atomic E-state index is -0.485. The van der Waals surface area contributed by atoms with Crippen molar-refractivity contribution in [1.29, 1.82) is 0 Å². The van der Waals surface area contributed by atoms with Crippen LogP contribution in [-0.2, 0) is 14.2 Å². The molecule has 1 heterocycles. The molecule has 0 aromatic heterocycles. The number of likely N-dealkylation sites (tertiary alicyclic amines) is 1. The maximum absolute atomic E-state index is 12.5. The summed E-state index contributed by atoms with van der Waals surface area (Å²) in [6.07, 6.45) is 18.3. The van der Waals surface area contributed by atoms with Crippen LogP contribution in [0.15, 0.2) is 47.8 Å². The van der Waals surface area contributed by atoms with Gasteiger partial charge in [-0.2, -0.15) is 0 Å². The first-order valence-electron chi connectivity index (χ1n) is 12.6. The molecule has 0 aromatic rings. The normalized spacial score (nSPS) is 19.0. The van der Waals surface area contributed by atoms with E-state index in [1.54, 1.807) is 0 Å². The van der Waals surface area contributed by atoms with Gasteiger partial charge < -0.3 is 19.1 Å². The predicted molar refractivity (Wildman–Crippen MR) is 137 cm³/mol. The van der Waals surface area contributed by atoms with Gasteiger partial charge in [0, 0.05) is 6.54 Å². The second-order valence-corrected chi connectivity index (χ2v) is 9.53. The van der Waals surface area contributed by atoms with Crippen LogP contribution in [0.1, 0.15) is 87.0 Å². The van der Waals surface area contributed by atoms with Gasteiger partial charge in [-0.15, -0.1) is 0 Å². The van der Waals surface area contributed by atoms with Gasteiger partial charge >= 0.3 is 6.09 Å². The van der Waals surface area contributed by atoms with Crippen molar-refractivity contribution in [2.24, 2.45) is 0 Å². The summed E-state index contributed by atoms with van der Waals surface area (Å²) in [6, 6.07) is 0.0653. The lowest BCUT2D eigenvalue weighted by molar-refractivity contribution is 0.00553. The third kappa shape index (κ3) is 12.7. The molecule has 2 unspecified atom stereocenters. The van der Waals surface area contributed by atoms with Crippen LogP contribution in [0, 0.1) is 0 Å². The Bertz CT molecular complexity index is 685. The molecular weight excluding hydrogens is 414 g/mol. The smallest absolute Gasteiger partial charge is 0.410 e. The molecule has 1 rings (SSSR count). The maximum atomic E-state index is 12.5. The Balaban J connectivity index is 2.58. The monoisotopic (exact) mass is 461 g/mol. The highest BCUT2D eigenvalue weighted by atomic mass is 16.6. The first-order valence-corrected chi connectivity index (χ1v) is 12.6. The van der Waals surface area contributed by atoms with E-state index in [-0.39, 0.29) is 18.2 Å². The van der Waals surface area contributed by atoms with Crippen molar-refractivity contribution in [1.82, 2.24) is 4.90 Å². The SMILES string of the molecule is CC/C=C\C/C(=C\CC)COC(/C=C\C(C)OCC1CCCN1C(=O)OC(C)(C)C)=C/CC. The summed E-state index contributed by atoms with van der Waals surface area (Å²) in [4.78, 5) is 14.3. The Morgan fingerprint density at radius 1 is 1.09 bits per heavy atom. The molecule has 33 heavy (non-hydrogen) atoms. The molecule has 0 aromatic carbocycles. The zero-order valence-corrected chi connectivity index (χ0v) is 22.1. The van der Waals surface area contributed by atoms with Crippen molar-refractivity contribution < 1.29 is 19.0 Å². The Morgan fingerprint density at radius 2 is 1.82 bits per heavy atom. The summed E-state index contributed by atoms with van der Waals surface area (Å²) in [5.41, 5.74) is 0.812. The first-order chi connectivity index (χ1) is 15.7. The Morgan fingerprint density at radius 3 is 2.45 bits per heavy atom. The third-order valence-corrected chi connectivity index (χ3v) is 5.19. The fourth-order valence-corrected chi connectivity index (χ4v) is 3.56. The van der Waals surface area contributed by atoms with Gasteiger partial charge in [0.15, 0.2) is 0 Å². The van der Waals surface area contributed by atoms with E-state index in [4.69, 9.17) is 14.2 Å². The average molecular weight is 462 g/mol. The topological polar surface area (TPSA) is 48.0 Å². The predicted octanol–water partition coefficient (Wildman–Crippen LogP) is 7.35. The molecule has 0 N–H and O–H groups in total. The minimum Gasteiger partial charge on any atom is -0.490 e. The standard InChI is InChI=1S/C28H47NO4/c1-8-11-12-16-24(14-9-2)21-32-26(15-10-3)19-18-23(4)31-22-25-17-13-20-29(25)27(30)33-28(5,6)7/h11-12,14-15,18-19,23,25H,8-10,13,16-17,20-22H2,1-7H3/b12-11-,19-18-,24-14+,26-15+. The molecule has 188 valence electrons. The third-order valence-electron chi connectivity index (χ3n) is 5.19. The minimum absolute atomic E-state index is 0.0653. The molecule has 0 saturated carbocycles. The molecule has 0 spiro atoms. The van der Waals surface area contributed by atoms with E-state index in [0.29, 0.717) is 13.2 Å². The van der Waals surface area contributed by atoms with Gasteiger partial charge in [0.05, 0.1) is 18.8 Å². The van der Waals surface area contributed by atoms with E-state index >= 15 is 0 Å². The van der Waals surface area contributed by atoms with E-state index in [1.807, 2.05) is 44.7 Å². The number of carbonyl (C=O) groups is 1. The number of rotatable bonds is 13. The summed E-state index contributed by atoms with van der Waals surface area (Å²) >= 11 is 0. The average Bonchev–Trinajstić information content (AvgIpc) is 3.22. The van der Waals surface area contributed by atoms with Gasteiger partial charge in [-0.25, -0.2) is 4.79 Å². The van der Waals surface area contributed by atoms with Gasteiger partial charge in [-0.1, -0.05) is 45.1 Å². The van der Waals surface area contributed by atoms with Crippen LogP contribution in [0.2, 0.25) is 0 Å². The summed E-state index contributed by atoms with van der Waals surface area (Å²) in [7, 11) is 0. The van der Waals surface area contributed by atoms with Crippen molar-refractivity contribution in [3.8, 4) is 0 Å². The Hall–Kier alpha value is -2.01. The summed E-state index contributed by atoms with van der Waals surface area (Å²) in [5, 5.41) is 0. The number of amides is 1. The number of carbonyl (C=O) groups excluding carboxylic acids is 1. The molecular formula is C28H47NO4. The zero-order chi connectivity index (χ0) is 24.7. The molecule has 0 aliphatic carbocycles. The van der Waals surface area contributed by atoms with Crippen LogP contribution in [-0.4, -0.2) is 48.5 Å². The number of hydrogen-bond donors (Lipinski definition) is 0. The summed E-state index contributed by atoms with van der Waals surface area (Å²) < 4.78 is 17.7. The fourth-order valence-electron chi connectivity index (χ4n) is 3.56. The molecule has 5 heteroatoms. The van der Waals surface area contributed by atoms with Crippen LogP contribution in [0.5, 0.6) is 0 Å². The van der Waals surface area contributed by atoms with Gasteiger partial charge in [0.25, 0.3) is 0 Å². The van der Waals surface area contributed by atoms with Crippen LogP contribution >= 0.6 is 0 Å². The summed E-state index contributed by atoms with van der Waals surface area (Å²) in [6.45, 7) is 15.9. The van der Waals surface area contributed by atoms with Crippen molar-refractivity contribution in [2.45, 2.75) is 105 Å². The quantitative estimate of drug-likeness (QED) is 0.163. The van der Waals surface area contributed by atoms with Crippen molar-refractivity contribution in [3.63, 3.8) is 0 Å². The van der Waals surface area contributed by atoms with Gasteiger partial charge in [0.2, 0.25) is 0 Å². The van der Waals surface area contributed by atoms with E-state index in [0.717, 1.165) is 50.8 Å². The number of allylic oxidation sites excluding steroid dienone is 5. The number of hydrogen-bond acceptors (Lipinski definition) is 4. The molecule has 0 bridgehead atoms. The lowest BCUT2D eigenvalue weighted by atomic mass is 10.1. The zero-order valence-electron chi connectivity index (χ0n) is 22.1. The van der Waals surface area contributed by atoms with Crippen molar-refractivity contribution in [2.75, 3.05) is 19.8 Å². The Labute approximate surface area is 202 Å². The van der Waals surface area contributed by atoms with E-state index in [1.165, 1.54) is 5.57 Å². The van der Waals surface area contributed by atoms with Crippen LogP contribution in [0.25, 0.3) is 0 Å². The highest BCUT2D eigenvalue weighted by molar-refractivity contribution is 5.68. The molecule has 1 amide bonds. The lowest BCUT2D eigenvalue weighted by Gasteiger charge is -2.29. The Kier molecular flexibility index (Phi) is 13.9. The molecule has 1 saturated heterocycles. The van der Waals surface area contributed by atoms with Crippen molar-refractivity contribution >= 4 is 6.09 Å². The highest BCUT2D eigenvalue weighted by Crippen LogP contribution is 2.21. The largest absolute Gasteiger partial charge is 0.490 e. The van der Waals surface area contributed by atoms with E-state index < -0.39 is 5.60 Å². The number of nitrogens with zero attached hydrogens (tertiary/aromatic N) is 1. The first kappa shape index (κ1) is 29.0. The van der Waals surface area contributed by atoms with E-state index in [2.05, 4.69) is 45.1 Å². The molecule has 0 radical (unpaired) electrons. The molecule has 1 aliphatic heterocycles. The van der Waals surface area contributed by atoms with Crippen LogP contribution < -0.4 is 0 Å². The van der Waals surface area contributed by atoms with Gasteiger partial charge in [-0.3, -0.25) is 0 Å². The van der Waals surface area contributed by atoms with Crippen molar-refractivity contribution in [3.05, 3.63) is 47.8 Å². The van der Waals surface area contributed by atoms with Crippen LogP contribution in [0.4, 0.5) is 4.79 Å². The van der Waals surface area contributed by atoms with E-state index in [9.17, 15) is 4.79 Å². The summed E-state index contributed by atoms with van der Waals surface area (Å²) in [5.74, 6) is 0.866. The second-order valence-electron chi connectivity index (χ2n) is 9.53. The van der Waals surface area contributed by atoms with Gasteiger partial charge in [-0.05, 0) is 83.9 Å².